The molecule has 0 fully saturated rings. The quantitative estimate of drug-likeness (QED) is 0.852. The zero-order valence-corrected chi connectivity index (χ0v) is 11.1. The van der Waals surface area contributed by atoms with Gasteiger partial charge in [0, 0.05) is 10.6 Å². The van der Waals surface area contributed by atoms with Crippen molar-refractivity contribution in [1.82, 2.24) is 5.32 Å². The molecule has 0 aliphatic rings. The summed E-state index contributed by atoms with van der Waals surface area (Å²) in [5.74, 6) is 0.663. The summed E-state index contributed by atoms with van der Waals surface area (Å²) in [6.45, 7) is 0.889. The maximum atomic E-state index is 11.8. The molecular formula is C15H14ClNO2. The fourth-order valence-corrected chi connectivity index (χ4v) is 1.68. The first-order valence-corrected chi connectivity index (χ1v) is 6.35. The van der Waals surface area contributed by atoms with Gasteiger partial charge in [0.05, 0.1) is 6.54 Å². The maximum absolute atomic E-state index is 11.8. The zero-order chi connectivity index (χ0) is 13.5. The summed E-state index contributed by atoms with van der Waals surface area (Å²) in [5.41, 5.74) is 0.587. The Kier molecular flexibility index (Phi) is 4.81. The summed E-state index contributed by atoms with van der Waals surface area (Å²) < 4.78 is 5.48. The van der Waals surface area contributed by atoms with E-state index in [1.54, 1.807) is 24.3 Å². The van der Waals surface area contributed by atoms with Crippen LogP contribution in [0.2, 0.25) is 5.02 Å². The van der Waals surface area contributed by atoms with E-state index in [2.05, 4.69) is 5.32 Å². The molecule has 98 valence electrons. The Hall–Kier alpha value is -2.00. The highest BCUT2D eigenvalue weighted by molar-refractivity contribution is 6.30. The average molecular weight is 276 g/mol. The molecule has 2 aromatic carbocycles. The molecule has 19 heavy (non-hydrogen) atoms. The first-order chi connectivity index (χ1) is 9.25. The summed E-state index contributed by atoms with van der Waals surface area (Å²) in [6, 6.07) is 16.2. The second-order valence-corrected chi connectivity index (χ2v) is 4.36. The molecule has 0 spiro atoms. The van der Waals surface area contributed by atoms with Gasteiger partial charge in [0.25, 0.3) is 5.91 Å². The van der Waals surface area contributed by atoms with Crippen LogP contribution in [0.15, 0.2) is 54.6 Å². The van der Waals surface area contributed by atoms with Crippen LogP contribution >= 0.6 is 11.6 Å². The molecule has 0 aliphatic heterocycles. The van der Waals surface area contributed by atoms with Crippen molar-refractivity contribution in [1.29, 1.82) is 0 Å². The van der Waals surface area contributed by atoms with Gasteiger partial charge in [-0.25, -0.2) is 0 Å². The fraction of sp³-hybridized carbons (Fsp3) is 0.133. The van der Waals surface area contributed by atoms with Crippen LogP contribution in [0.4, 0.5) is 0 Å². The van der Waals surface area contributed by atoms with Crippen molar-refractivity contribution >= 4 is 17.5 Å². The third-order valence-corrected chi connectivity index (χ3v) is 2.76. The van der Waals surface area contributed by atoms with Gasteiger partial charge in [0.15, 0.2) is 0 Å². The summed E-state index contributed by atoms with van der Waals surface area (Å²) in [7, 11) is 0. The first-order valence-electron chi connectivity index (χ1n) is 5.97. The van der Waals surface area contributed by atoms with Gasteiger partial charge < -0.3 is 10.1 Å². The number of amides is 1. The second-order valence-electron chi connectivity index (χ2n) is 3.92. The monoisotopic (exact) mass is 275 g/mol. The lowest BCUT2D eigenvalue weighted by atomic mass is 10.2. The molecule has 0 aromatic heterocycles. The summed E-state index contributed by atoms with van der Waals surface area (Å²) in [5, 5.41) is 3.40. The third kappa shape index (κ3) is 4.30. The molecule has 2 rings (SSSR count). The molecule has 0 bridgehead atoms. The predicted octanol–water partition coefficient (Wildman–Crippen LogP) is 3.15. The van der Waals surface area contributed by atoms with Gasteiger partial charge in [-0.15, -0.1) is 0 Å². The Morgan fingerprint density at radius 2 is 1.74 bits per heavy atom. The van der Waals surface area contributed by atoms with Gasteiger partial charge in [-0.05, 0) is 36.4 Å². The number of hydrogen-bond donors (Lipinski definition) is 1. The topological polar surface area (TPSA) is 38.3 Å². The lowest BCUT2D eigenvalue weighted by Gasteiger charge is -2.07. The Bertz CT molecular complexity index is 526. The molecule has 4 heteroatoms. The van der Waals surface area contributed by atoms with Crippen LogP contribution in [0.1, 0.15) is 10.4 Å². The zero-order valence-electron chi connectivity index (χ0n) is 10.3. The molecular weight excluding hydrogens is 262 g/mol. The van der Waals surface area contributed by atoms with E-state index in [1.807, 2.05) is 30.3 Å². The largest absolute Gasteiger partial charge is 0.492 e. The number of benzene rings is 2. The summed E-state index contributed by atoms with van der Waals surface area (Å²) in [4.78, 5) is 11.8. The number of carbonyl (C=O) groups excluding carboxylic acids is 1. The van der Waals surface area contributed by atoms with Crippen LogP contribution in [0, 0.1) is 0 Å². The molecule has 0 radical (unpaired) electrons. The minimum Gasteiger partial charge on any atom is -0.492 e. The van der Waals surface area contributed by atoms with Gasteiger partial charge in [-0.1, -0.05) is 29.8 Å². The summed E-state index contributed by atoms with van der Waals surface area (Å²) in [6.07, 6.45) is 0. The summed E-state index contributed by atoms with van der Waals surface area (Å²) >= 11 is 5.76. The molecule has 0 atom stereocenters. The van der Waals surface area contributed by atoms with Gasteiger partial charge >= 0.3 is 0 Å². The number of halogens is 1. The standard InChI is InChI=1S/C15H14ClNO2/c16-13-8-6-12(7-9-13)15(18)17-10-11-19-14-4-2-1-3-5-14/h1-9H,10-11H2,(H,17,18). The minimum atomic E-state index is -0.131. The smallest absolute Gasteiger partial charge is 0.251 e. The molecule has 0 aliphatic carbocycles. The second kappa shape index (κ2) is 6.81. The highest BCUT2D eigenvalue weighted by Gasteiger charge is 2.04. The minimum absolute atomic E-state index is 0.131. The van der Waals surface area contributed by atoms with Crippen molar-refractivity contribution in [2.24, 2.45) is 0 Å². The normalized spacial score (nSPS) is 9.95. The van der Waals surface area contributed by atoms with E-state index in [0.717, 1.165) is 5.75 Å². The van der Waals surface area contributed by atoms with Gasteiger partial charge in [-0.3, -0.25) is 4.79 Å². The number of nitrogens with one attached hydrogen (secondary N) is 1. The highest BCUT2D eigenvalue weighted by atomic mass is 35.5. The predicted molar refractivity (Wildman–Crippen MR) is 75.7 cm³/mol. The van der Waals surface area contributed by atoms with Crippen molar-refractivity contribution in [2.45, 2.75) is 0 Å². The van der Waals surface area contributed by atoms with Crippen molar-refractivity contribution in [3.05, 3.63) is 65.2 Å². The van der Waals surface area contributed by atoms with E-state index in [1.165, 1.54) is 0 Å². The number of rotatable bonds is 5. The maximum Gasteiger partial charge on any atom is 0.251 e. The Labute approximate surface area is 117 Å². The number of carbonyl (C=O) groups is 1. The Morgan fingerprint density at radius 1 is 1.05 bits per heavy atom. The molecule has 0 unspecified atom stereocenters. The Morgan fingerprint density at radius 3 is 2.42 bits per heavy atom. The van der Waals surface area contributed by atoms with Crippen LogP contribution in [0.25, 0.3) is 0 Å². The molecule has 1 amide bonds. The molecule has 3 nitrogen and oxygen atoms in total. The van der Waals surface area contributed by atoms with E-state index in [-0.39, 0.29) is 5.91 Å². The lowest BCUT2D eigenvalue weighted by Crippen LogP contribution is -2.28. The molecule has 2 aromatic rings. The fourth-order valence-electron chi connectivity index (χ4n) is 1.55. The van der Waals surface area contributed by atoms with Crippen LogP contribution in [-0.4, -0.2) is 19.1 Å². The van der Waals surface area contributed by atoms with E-state index >= 15 is 0 Å². The number of hydrogen-bond acceptors (Lipinski definition) is 2. The van der Waals surface area contributed by atoms with Crippen molar-refractivity contribution in [3.63, 3.8) is 0 Å². The van der Waals surface area contributed by atoms with E-state index < -0.39 is 0 Å². The molecule has 1 N–H and O–H groups in total. The average Bonchev–Trinajstić information content (AvgIpc) is 2.45. The molecule has 0 heterocycles. The highest BCUT2D eigenvalue weighted by Crippen LogP contribution is 2.09. The van der Waals surface area contributed by atoms with Gasteiger partial charge in [0.1, 0.15) is 12.4 Å². The van der Waals surface area contributed by atoms with E-state index in [4.69, 9.17) is 16.3 Å². The Balaban J connectivity index is 1.74. The van der Waals surface area contributed by atoms with Gasteiger partial charge in [-0.2, -0.15) is 0 Å². The van der Waals surface area contributed by atoms with Crippen molar-refractivity contribution in [2.75, 3.05) is 13.2 Å². The van der Waals surface area contributed by atoms with Gasteiger partial charge in [0.2, 0.25) is 0 Å². The SMILES string of the molecule is O=C(NCCOc1ccccc1)c1ccc(Cl)cc1. The number of ether oxygens (including phenoxy) is 1. The van der Waals surface area contributed by atoms with Crippen molar-refractivity contribution in [3.8, 4) is 5.75 Å². The van der Waals surface area contributed by atoms with E-state index in [9.17, 15) is 4.79 Å². The third-order valence-electron chi connectivity index (χ3n) is 2.51. The van der Waals surface area contributed by atoms with E-state index in [0.29, 0.717) is 23.7 Å². The number of para-hydroxylation sites is 1. The van der Waals surface area contributed by atoms with Crippen LogP contribution in [0.3, 0.4) is 0 Å². The first kappa shape index (κ1) is 13.4. The van der Waals surface area contributed by atoms with Crippen molar-refractivity contribution < 1.29 is 9.53 Å². The van der Waals surface area contributed by atoms with Crippen LogP contribution in [-0.2, 0) is 0 Å². The lowest BCUT2D eigenvalue weighted by molar-refractivity contribution is 0.0947. The molecule has 0 saturated heterocycles. The van der Waals surface area contributed by atoms with Crippen LogP contribution < -0.4 is 10.1 Å². The van der Waals surface area contributed by atoms with Crippen LogP contribution in [0.5, 0.6) is 5.75 Å². The molecule has 0 saturated carbocycles.